The minimum atomic E-state index is -0.544. The fourth-order valence-electron chi connectivity index (χ4n) is 2.83. The number of carbonyl (C=O) groups is 2. The first-order valence-electron chi connectivity index (χ1n) is 9.88. The zero-order valence-corrected chi connectivity index (χ0v) is 17.8. The summed E-state index contributed by atoms with van der Waals surface area (Å²) in [5.41, 5.74) is 3.74. The van der Waals surface area contributed by atoms with E-state index in [-0.39, 0.29) is 5.57 Å². The number of nitrogens with one attached hydrogen (secondary N) is 1. The number of carbonyl (C=O) groups excluding carboxylic acids is 2. The monoisotopic (exact) mass is 426 g/mol. The Bertz CT molecular complexity index is 1160. The van der Waals surface area contributed by atoms with Gasteiger partial charge in [-0.2, -0.15) is 5.26 Å². The van der Waals surface area contributed by atoms with E-state index < -0.39 is 11.9 Å². The average molecular weight is 426 g/mol. The molecule has 0 bridgehead atoms. The standard InChI is InChI=1S/C26H22N2O4/c1-18-3-5-20(6-4-18)17-32-24-13-7-19(8-14-24)15-22(16-27)25(29)28-23-11-9-21(10-12-23)26(30)31-2/h3-15H,17H2,1-2H3,(H,28,29)/b22-15+. The number of aryl methyl sites for hydroxylation is 1. The molecule has 0 aromatic heterocycles. The number of anilines is 1. The molecule has 1 N–H and O–H groups in total. The predicted octanol–water partition coefficient (Wildman–Crippen LogP) is 4.91. The molecule has 0 unspecified atom stereocenters. The lowest BCUT2D eigenvalue weighted by atomic mass is 10.1. The molecule has 0 heterocycles. The summed E-state index contributed by atoms with van der Waals surface area (Å²) < 4.78 is 10.4. The highest BCUT2D eigenvalue weighted by Gasteiger charge is 2.11. The highest BCUT2D eigenvalue weighted by atomic mass is 16.5. The lowest BCUT2D eigenvalue weighted by molar-refractivity contribution is -0.112. The van der Waals surface area contributed by atoms with Crippen LogP contribution in [0, 0.1) is 18.3 Å². The van der Waals surface area contributed by atoms with Gasteiger partial charge in [-0.3, -0.25) is 4.79 Å². The van der Waals surface area contributed by atoms with Crippen molar-refractivity contribution in [3.63, 3.8) is 0 Å². The maximum Gasteiger partial charge on any atom is 0.337 e. The first-order valence-corrected chi connectivity index (χ1v) is 9.88. The molecule has 0 spiro atoms. The third-order valence-electron chi connectivity index (χ3n) is 4.65. The van der Waals surface area contributed by atoms with Crippen molar-refractivity contribution < 1.29 is 19.1 Å². The van der Waals surface area contributed by atoms with Gasteiger partial charge in [-0.15, -0.1) is 0 Å². The second-order valence-electron chi connectivity index (χ2n) is 7.04. The number of hydrogen-bond acceptors (Lipinski definition) is 5. The SMILES string of the molecule is COC(=O)c1ccc(NC(=O)/C(C#N)=C/c2ccc(OCc3ccc(C)cc3)cc2)cc1. The topological polar surface area (TPSA) is 88.4 Å². The normalized spacial score (nSPS) is 10.7. The molecule has 0 saturated heterocycles. The van der Waals surface area contributed by atoms with Crippen molar-refractivity contribution in [2.75, 3.05) is 12.4 Å². The van der Waals surface area contributed by atoms with E-state index >= 15 is 0 Å². The molecule has 3 aromatic rings. The van der Waals surface area contributed by atoms with E-state index in [1.165, 1.54) is 30.9 Å². The zero-order chi connectivity index (χ0) is 22.9. The maximum atomic E-state index is 12.5. The number of esters is 1. The van der Waals surface area contributed by atoms with Gasteiger partial charge in [0.15, 0.2) is 0 Å². The summed E-state index contributed by atoms with van der Waals surface area (Å²) in [6.45, 7) is 2.49. The molecule has 1 amide bonds. The Morgan fingerprint density at radius 3 is 2.22 bits per heavy atom. The molecule has 160 valence electrons. The van der Waals surface area contributed by atoms with Crippen LogP contribution in [0.3, 0.4) is 0 Å². The summed E-state index contributed by atoms with van der Waals surface area (Å²) in [4.78, 5) is 23.9. The van der Waals surface area contributed by atoms with Gasteiger partial charge in [0, 0.05) is 5.69 Å². The predicted molar refractivity (Wildman–Crippen MR) is 122 cm³/mol. The van der Waals surface area contributed by atoms with Crippen LogP contribution in [0.5, 0.6) is 5.75 Å². The number of ether oxygens (including phenoxy) is 2. The van der Waals surface area contributed by atoms with Crippen molar-refractivity contribution in [1.82, 2.24) is 0 Å². The van der Waals surface area contributed by atoms with E-state index in [4.69, 9.17) is 4.74 Å². The van der Waals surface area contributed by atoms with Crippen molar-refractivity contribution in [2.24, 2.45) is 0 Å². The average Bonchev–Trinajstić information content (AvgIpc) is 2.82. The lowest BCUT2D eigenvalue weighted by Crippen LogP contribution is -2.13. The van der Waals surface area contributed by atoms with E-state index in [9.17, 15) is 14.9 Å². The Morgan fingerprint density at radius 1 is 0.969 bits per heavy atom. The fraction of sp³-hybridized carbons (Fsp3) is 0.115. The molecule has 0 saturated carbocycles. The highest BCUT2D eigenvalue weighted by molar-refractivity contribution is 6.09. The molecular formula is C26H22N2O4. The summed E-state index contributed by atoms with van der Waals surface area (Å²) in [6, 6.07) is 23.4. The zero-order valence-electron chi connectivity index (χ0n) is 17.8. The van der Waals surface area contributed by atoms with Crippen LogP contribution < -0.4 is 10.1 Å². The van der Waals surface area contributed by atoms with Crippen LogP contribution >= 0.6 is 0 Å². The second-order valence-corrected chi connectivity index (χ2v) is 7.04. The number of methoxy groups -OCH3 is 1. The first-order chi connectivity index (χ1) is 15.5. The summed E-state index contributed by atoms with van der Waals surface area (Å²) in [7, 11) is 1.30. The van der Waals surface area contributed by atoms with Gasteiger partial charge in [-0.1, -0.05) is 42.0 Å². The Balaban J connectivity index is 1.62. The van der Waals surface area contributed by atoms with E-state index in [1.807, 2.05) is 37.3 Å². The molecule has 0 aliphatic heterocycles. The summed E-state index contributed by atoms with van der Waals surface area (Å²) in [5.74, 6) is -0.318. The van der Waals surface area contributed by atoms with Crippen molar-refractivity contribution in [1.29, 1.82) is 5.26 Å². The van der Waals surface area contributed by atoms with Crippen molar-refractivity contribution in [3.8, 4) is 11.8 Å². The smallest absolute Gasteiger partial charge is 0.337 e. The number of rotatable bonds is 7. The van der Waals surface area contributed by atoms with Crippen LogP contribution in [-0.4, -0.2) is 19.0 Å². The molecule has 6 heteroatoms. The van der Waals surface area contributed by atoms with Gasteiger partial charge in [-0.25, -0.2) is 4.79 Å². The maximum absolute atomic E-state index is 12.5. The number of amides is 1. The summed E-state index contributed by atoms with van der Waals surface area (Å²) >= 11 is 0. The van der Waals surface area contributed by atoms with Crippen molar-refractivity contribution in [3.05, 3.63) is 101 Å². The Kier molecular flexibility index (Phi) is 7.39. The number of nitrogens with zero attached hydrogens (tertiary/aromatic N) is 1. The summed E-state index contributed by atoms with van der Waals surface area (Å²) in [5, 5.41) is 12.0. The van der Waals surface area contributed by atoms with Crippen LogP contribution in [0.2, 0.25) is 0 Å². The number of hydrogen-bond donors (Lipinski definition) is 1. The molecule has 3 aromatic carbocycles. The number of nitriles is 1. The van der Waals surface area contributed by atoms with Gasteiger partial charge >= 0.3 is 5.97 Å². The summed E-state index contributed by atoms with van der Waals surface area (Å²) in [6.07, 6.45) is 1.50. The fourth-order valence-corrected chi connectivity index (χ4v) is 2.83. The third kappa shape index (κ3) is 6.07. The van der Waals surface area contributed by atoms with Gasteiger partial charge in [0.1, 0.15) is 24.0 Å². The minimum Gasteiger partial charge on any atom is -0.489 e. The first kappa shape index (κ1) is 22.3. The van der Waals surface area contributed by atoms with E-state index in [1.54, 1.807) is 36.4 Å². The lowest BCUT2D eigenvalue weighted by Gasteiger charge is -2.07. The van der Waals surface area contributed by atoms with E-state index in [2.05, 4.69) is 10.1 Å². The van der Waals surface area contributed by atoms with Crippen LogP contribution in [0.4, 0.5) is 5.69 Å². The molecule has 0 aliphatic carbocycles. The minimum absolute atomic E-state index is 0.0460. The van der Waals surface area contributed by atoms with Crippen molar-refractivity contribution in [2.45, 2.75) is 13.5 Å². The van der Waals surface area contributed by atoms with Crippen LogP contribution in [0.1, 0.15) is 27.0 Å². The third-order valence-corrected chi connectivity index (χ3v) is 4.65. The quantitative estimate of drug-likeness (QED) is 0.330. The van der Waals surface area contributed by atoms with E-state index in [0.717, 1.165) is 5.56 Å². The van der Waals surface area contributed by atoms with Gasteiger partial charge in [0.05, 0.1) is 12.7 Å². The van der Waals surface area contributed by atoms with E-state index in [0.29, 0.717) is 29.2 Å². The molecule has 32 heavy (non-hydrogen) atoms. The molecular weight excluding hydrogens is 404 g/mol. The van der Waals surface area contributed by atoms with Crippen LogP contribution in [0.15, 0.2) is 78.4 Å². The van der Waals surface area contributed by atoms with Gasteiger partial charge in [0.2, 0.25) is 0 Å². The molecule has 0 atom stereocenters. The molecule has 0 aliphatic rings. The number of benzene rings is 3. The Hall–Kier alpha value is -4.37. The molecule has 3 rings (SSSR count). The highest BCUT2D eigenvalue weighted by Crippen LogP contribution is 2.17. The largest absolute Gasteiger partial charge is 0.489 e. The van der Waals surface area contributed by atoms with Gasteiger partial charge < -0.3 is 14.8 Å². The Morgan fingerprint density at radius 2 is 1.62 bits per heavy atom. The van der Waals surface area contributed by atoms with Crippen LogP contribution in [-0.2, 0) is 16.1 Å². The molecule has 6 nitrogen and oxygen atoms in total. The Labute approximate surface area is 186 Å². The molecule has 0 fully saturated rings. The van der Waals surface area contributed by atoms with Gasteiger partial charge in [-0.05, 0) is 60.5 Å². The van der Waals surface area contributed by atoms with Crippen molar-refractivity contribution >= 4 is 23.6 Å². The molecule has 0 radical (unpaired) electrons. The van der Waals surface area contributed by atoms with Gasteiger partial charge in [0.25, 0.3) is 5.91 Å². The van der Waals surface area contributed by atoms with Crippen LogP contribution in [0.25, 0.3) is 6.08 Å². The second kappa shape index (κ2) is 10.6.